The summed E-state index contributed by atoms with van der Waals surface area (Å²) in [4.78, 5) is 4.16. The molecule has 1 spiro atoms. The molecule has 0 bridgehead atoms. The molecule has 1 saturated carbocycles. The Labute approximate surface area is 71.0 Å². The monoisotopic (exact) mass is 164 g/mol. The lowest BCUT2D eigenvalue weighted by molar-refractivity contribution is 0.378. The molecule has 1 aromatic heterocycles. The van der Waals surface area contributed by atoms with Crippen molar-refractivity contribution >= 4 is 6.01 Å². The number of nitrogens with two attached hydrogens (primary N) is 1. The van der Waals surface area contributed by atoms with E-state index in [-0.39, 0.29) is 0 Å². The van der Waals surface area contributed by atoms with E-state index in [1.54, 1.807) is 0 Å². The maximum atomic E-state index is 5.49. The first-order valence-corrected chi connectivity index (χ1v) is 4.52. The van der Waals surface area contributed by atoms with Crippen molar-refractivity contribution in [2.75, 3.05) is 5.73 Å². The molecule has 3 nitrogen and oxygen atoms in total. The van der Waals surface area contributed by atoms with Gasteiger partial charge in [0.2, 0.25) is 0 Å². The fraction of sp³-hybridized carbons (Fsp3) is 0.667. The minimum atomic E-state index is 0.345. The molecular formula is C9H12N2O. The first-order valence-electron chi connectivity index (χ1n) is 4.52. The number of rotatable bonds is 0. The minimum Gasteiger partial charge on any atom is -0.429 e. The molecule has 0 unspecified atom stereocenters. The first-order chi connectivity index (χ1) is 5.77. The van der Waals surface area contributed by atoms with Crippen LogP contribution in [-0.2, 0) is 12.8 Å². The summed E-state index contributed by atoms with van der Waals surface area (Å²) in [7, 11) is 0. The zero-order valence-corrected chi connectivity index (χ0v) is 6.97. The highest BCUT2D eigenvalue weighted by molar-refractivity contribution is 5.25. The Morgan fingerprint density at radius 1 is 1.33 bits per heavy atom. The van der Waals surface area contributed by atoms with Crippen LogP contribution in [0.5, 0.6) is 0 Å². The smallest absolute Gasteiger partial charge is 0.292 e. The van der Waals surface area contributed by atoms with Crippen LogP contribution in [0.4, 0.5) is 6.01 Å². The second kappa shape index (κ2) is 1.84. The second-order valence-corrected chi connectivity index (χ2v) is 4.10. The van der Waals surface area contributed by atoms with Gasteiger partial charge in [0.15, 0.2) is 0 Å². The van der Waals surface area contributed by atoms with Crippen LogP contribution >= 0.6 is 0 Å². The Morgan fingerprint density at radius 2 is 2.17 bits per heavy atom. The number of anilines is 1. The molecule has 2 N–H and O–H groups in total. The van der Waals surface area contributed by atoms with Crippen molar-refractivity contribution in [2.45, 2.75) is 32.1 Å². The van der Waals surface area contributed by atoms with E-state index in [1.807, 2.05) is 0 Å². The molecule has 1 heterocycles. The molecule has 64 valence electrons. The third kappa shape index (κ3) is 0.792. The van der Waals surface area contributed by atoms with Gasteiger partial charge in [-0.1, -0.05) is 0 Å². The topological polar surface area (TPSA) is 52.0 Å². The number of fused-ring (bicyclic) bond motifs is 1. The molecule has 0 aliphatic heterocycles. The summed E-state index contributed by atoms with van der Waals surface area (Å²) in [6.07, 6.45) is 6.16. The van der Waals surface area contributed by atoms with Crippen LogP contribution in [0.1, 0.15) is 30.7 Å². The normalized spacial score (nSPS) is 24.0. The van der Waals surface area contributed by atoms with Gasteiger partial charge in [-0.05, 0) is 31.1 Å². The van der Waals surface area contributed by atoms with Crippen LogP contribution in [0.15, 0.2) is 4.42 Å². The van der Waals surface area contributed by atoms with Gasteiger partial charge in [-0.3, -0.25) is 0 Å². The van der Waals surface area contributed by atoms with Gasteiger partial charge < -0.3 is 10.2 Å². The van der Waals surface area contributed by atoms with Crippen molar-refractivity contribution in [1.29, 1.82) is 0 Å². The predicted octanol–water partition coefficient (Wildman–Crippen LogP) is 1.53. The summed E-state index contributed by atoms with van der Waals surface area (Å²) in [5, 5.41) is 0. The quantitative estimate of drug-likeness (QED) is 0.632. The Kier molecular flexibility index (Phi) is 1.000. The summed E-state index contributed by atoms with van der Waals surface area (Å²) in [6, 6.07) is 0.345. The van der Waals surface area contributed by atoms with E-state index in [9.17, 15) is 0 Å². The zero-order chi connectivity index (χ0) is 8.18. The van der Waals surface area contributed by atoms with Gasteiger partial charge in [-0.15, -0.1) is 0 Å². The summed E-state index contributed by atoms with van der Waals surface area (Å²) in [5.41, 5.74) is 7.19. The van der Waals surface area contributed by atoms with Gasteiger partial charge in [0.05, 0.1) is 5.69 Å². The standard InChI is InChI=1S/C9H12N2O/c10-8-11-6-1-2-9(3-4-9)5-7(6)12-8/h1-5H2,(H2,10,11). The average Bonchev–Trinajstić information content (AvgIpc) is 2.65. The van der Waals surface area contributed by atoms with Crippen LogP contribution in [-0.4, -0.2) is 4.98 Å². The molecular weight excluding hydrogens is 152 g/mol. The second-order valence-electron chi connectivity index (χ2n) is 4.10. The molecule has 3 heteroatoms. The Bertz CT molecular complexity index is 325. The van der Waals surface area contributed by atoms with Gasteiger partial charge in [-0.25, -0.2) is 0 Å². The van der Waals surface area contributed by atoms with Crippen LogP contribution in [0.25, 0.3) is 0 Å². The summed E-state index contributed by atoms with van der Waals surface area (Å²) in [5.74, 6) is 1.05. The molecule has 2 aliphatic carbocycles. The predicted molar refractivity (Wildman–Crippen MR) is 44.6 cm³/mol. The lowest BCUT2D eigenvalue weighted by atomic mass is 9.88. The van der Waals surface area contributed by atoms with Crippen molar-refractivity contribution in [3.8, 4) is 0 Å². The van der Waals surface area contributed by atoms with E-state index in [0.717, 1.165) is 24.3 Å². The molecule has 0 amide bonds. The molecule has 0 saturated heterocycles. The highest BCUT2D eigenvalue weighted by atomic mass is 16.4. The van der Waals surface area contributed by atoms with Crippen molar-refractivity contribution in [3.05, 3.63) is 11.5 Å². The highest BCUT2D eigenvalue weighted by Crippen LogP contribution is 2.54. The molecule has 0 radical (unpaired) electrons. The fourth-order valence-corrected chi connectivity index (χ4v) is 2.15. The van der Waals surface area contributed by atoms with Gasteiger partial charge in [0, 0.05) is 6.42 Å². The van der Waals surface area contributed by atoms with Crippen LogP contribution in [0.3, 0.4) is 0 Å². The highest BCUT2D eigenvalue weighted by Gasteiger charge is 2.46. The third-order valence-corrected chi connectivity index (χ3v) is 3.18. The van der Waals surface area contributed by atoms with E-state index in [4.69, 9.17) is 10.2 Å². The zero-order valence-electron chi connectivity index (χ0n) is 6.97. The molecule has 12 heavy (non-hydrogen) atoms. The van der Waals surface area contributed by atoms with Crippen LogP contribution in [0.2, 0.25) is 0 Å². The number of aryl methyl sites for hydroxylation is 1. The molecule has 0 atom stereocenters. The van der Waals surface area contributed by atoms with Gasteiger partial charge in [-0.2, -0.15) is 4.98 Å². The number of hydrogen-bond donors (Lipinski definition) is 1. The third-order valence-electron chi connectivity index (χ3n) is 3.18. The lowest BCUT2D eigenvalue weighted by Crippen LogP contribution is -2.13. The molecule has 1 aromatic rings. The van der Waals surface area contributed by atoms with E-state index in [1.165, 1.54) is 19.3 Å². The Hall–Kier alpha value is -0.990. The lowest BCUT2D eigenvalue weighted by Gasteiger charge is -2.18. The average molecular weight is 164 g/mol. The van der Waals surface area contributed by atoms with Crippen molar-refractivity contribution in [3.63, 3.8) is 0 Å². The van der Waals surface area contributed by atoms with E-state index < -0.39 is 0 Å². The molecule has 0 aromatic carbocycles. The Balaban J connectivity index is 2.00. The van der Waals surface area contributed by atoms with Gasteiger partial charge >= 0.3 is 0 Å². The van der Waals surface area contributed by atoms with Gasteiger partial charge in [0.1, 0.15) is 5.76 Å². The summed E-state index contributed by atoms with van der Waals surface area (Å²) in [6.45, 7) is 0. The maximum absolute atomic E-state index is 5.49. The van der Waals surface area contributed by atoms with E-state index in [0.29, 0.717) is 11.4 Å². The summed E-state index contributed by atoms with van der Waals surface area (Å²) >= 11 is 0. The maximum Gasteiger partial charge on any atom is 0.292 e. The minimum absolute atomic E-state index is 0.345. The first kappa shape index (κ1) is 6.52. The van der Waals surface area contributed by atoms with Crippen molar-refractivity contribution < 1.29 is 4.42 Å². The molecule has 1 fully saturated rings. The number of hydrogen-bond acceptors (Lipinski definition) is 3. The summed E-state index contributed by atoms with van der Waals surface area (Å²) < 4.78 is 5.35. The van der Waals surface area contributed by atoms with E-state index in [2.05, 4.69) is 4.98 Å². The van der Waals surface area contributed by atoms with Crippen LogP contribution < -0.4 is 5.73 Å². The number of aromatic nitrogens is 1. The number of nitrogens with zero attached hydrogens (tertiary/aromatic N) is 1. The number of nitrogen functional groups attached to an aromatic ring is 1. The SMILES string of the molecule is Nc1nc2c(o1)CC1(CC2)CC1. The largest absolute Gasteiger partial charge is 0.429 e. The number of oxazole rings is 1. The van der Waals surface area contributed by atoms with Gasteiger partial charge in [0.25, 0.3) is 6.01 Å². The van der Waals surface area contributed by atoms with Crippen molar-refractivity contribution in [1.82, 2.24) is 4.98 Å². The van der Waals surface area contributed by atoms with Crippen molar-refractivity contribution in [2.24, 2.45) is 5.41 Å². The fourth-order valence-electron chi connectivity index (χ4n) is 2.15. The Morgan fingerprint density at radius 3 is 2.92 bits per heavy atom. The molecule has 2 aliphatic rings. The van der Waals surface area contributed by atoms with Crippen LogP contribution in [0, 0.1) is 5.41 Å². The molecule has 3 rings (SSSR count). The van der Waals surface area contributed by atoms with E-state index >= 15 is 0 Å².